The van der Waals surface area contributed by atoms with Crippen molar-refractivity contribution in [1.82, 2.24) is 4.57 Å². The summed E-state index contributed by atoms with van der Waals surface area (Å²) in [5.41, 5.74) is 6.60. The Balaban J connectivity index is 2.26. The van der Waals surface area contributed by atoms with Crippen LogP contribution < -0.4 is 10.5 Å². The maximum absolute atomic E-state index is 11.1. The van der Waals surface area contributed by atoms with E-state index >= 15 is 0 Å². The molecule has 0 spiro atoms. The highest BCUT2D eigenvalue weighted by Crippen LogP contribution is 2.26. The van der Waals surface area contributed by atoms with E-state index < -0.39 is 5.97 Å². The summed E-state index contributed by atoms with van der Waals surface area (Å²) in [4.78, 5) is 11.1. The van der Waals surface area contributed by atoms with Crippen molar-refractivity contribution in [3.8, 4) is 5.75 Å². The van der Waals surface area contributed by atoms with E-state index in [-0.39, 0.29) is 6.61 Å². The summed E-state index contributed by atoms with van der Waals surface area (Å²) in [5.74, 6) is 0.280. The molecule has 2 aromatic rings. The van der Waals surface area contributed by atoms with Crippen LogP contribution in [0.3, 0.4) is 0 Å². The van der Waals surface area contributed by atoms with Gasteiger partial charge in [0.25, 0.3) is 0 Å². The van der Waals surface area contributed by atoms with E-state index in [1.165, 1.54) is 7.11 Å². The molecule has 0 bridgehead atoms. The minimum absolute atomic E-state index is 0.0856. The monoisotopic (exact) mass is 248 g/mol. The molecule has 0 radical (unpaired) electrons. The van der Waals surface area contributed by atoms with E-state index in [2.05, 4.69) is 9.30 Å². The topological polar surface area (TPSA) is 66.5 Å². The number of carbonyl (C=O) groups is 1. The lowest BCUT2D eigenvalue weighted by Gasteiger charge is -2.07. The first-order chi connectivity index (χ1) is 8.76. The number of benzene rings is 1. The van der Waals surface area contributed by atoms with Crippen LogP contribution in [0, 0.1) is 0 Å². The molecule has 0 unspecified atom stereocenters. The molecule has 0 saturated carbocycles. The molecule has 0 saturated heterocycles. The number of aromatic nitrogens is 1. The van der Waals surface area contributed by atoms with Gasteiger partial charge in [-0.2, -0.15) is 0 Å². The summed E-state index contributed by atoms with van der Waals surface area (Å²) < 4.78 is 12.0. The summed E-state index contributed by atoms with van der Waals surface area (Å²) in [6, 6.07) is 7.67. The number of nitrogens with zero attached hydrogens (tertiary/aromatic N) is 1. The third-order valence-corrected chi connectivity index (χ3v) is 2.72. The molecule has 96 valence electrons. The quantitative estimate of drug-likeness (QED) is 0.806. The number of rotatable bonds is 5. The van der Waals surface area contributed by atoms with Crippen LogP contribution in [-0.4, -0.2) is 30.8 Å². The molecule has 2 N–H and O–H groups in total. The molecule has 0 aliphatic carbocycles. The third kappa shape index (κ3) is 2.46. The molecule has 1 heterocycles. The first-order valence-electron chi connectivity index (χ1n) is 5.74. The second-order valence-corrected chi connectivity index (χ2v) is 3.85. The van der Waals surface area contributed by atoms with Gasteiger partial charge in [-0.15, -0.1) is 0 Å². The van der Waals surface area contributed by atoms with Crippen molar-refractivity contribution in [3.05, 3.63) is 30.5 Å². The molecule has 0 fully saturated rings. The zero-order valence-corrected chi connectivity index (χ0v) is 10.3. The van der Waals surface area contributed by atoms with E-state index in [9.17, 15) is 4.79 Å². The molecule has 1 aromatic heterocycles. The third-order valence-electron chi connectivity index (χ3n) is 2.72. The van der Waals surface area contributed by atoms with Gasteiger partial charge in [-0.25, -0.2) is 4.79 Å². The second kappa shape index (κ2) is 5.55. The number of methoxy groups -OCH3 is 1. The van der Waals surface area contributed by atoms with Crippen LogP contribution >= 0.6 is 0 Å². The molecule has 1 aromatic carbocycles. The summed E-state index contributed by atoms with van der Waals surface area (Å²) in [6.45, 7) is 1.25. The summed E-state index contributed by atoms with van der Waals surface area (Å²) >= 11 is 0. The van der Waals surface area contributed by atoms with E-state index in [4.69, 9.17) is 10.5 Å². The maximum atomic E-state index is 11.1. The summed E-state index contributed by atoms with van der Waals surface area (Å²) in [7, 11) is 1.34. The normalized spacial score (nSPS) is 10.6. The predicted octanol–water partition coefficient (Wildman–Crippen LogP) is 1.15. The van der Waals surface area contributed by atoms with Crippen molar-refractivity contribution < 1.29 is 14.3 Å². The zero-order valence-electron chi connectivity index (χ0n) is 10.3. The van der Waals surface area contributed by atoms with Gasteiger partial charge >= 0.3 is 5.97 Å². The minimum atomic E-state index is -0.395. The van der Waals surface area contributed by atoms with Crippen molar-refractivity contribution >= 4 is 16.9 Å². The van der Waals surface area contributed by atoms with Crippen molar-refractivity contribution in [3.63, 3.8) is 0 Å². The van der Waals surface area contributed by atoms with Gasteiger partial charge in [-0.05, 0) is 18.2 Å². The maximum Gasteiger partial charge on any atom is 0.343 e. The fourth-order valence-electron chi connectivity index (χ4n) is 1.85. The molecular formula is C13H16N2O3. The Morgan fingerprint density at radius 2 is 2.22 bits per heavy atom. The molecule has 2 rings (SSSR count). The number of esters is 1. The van der Waals surface area contributed by atoms with Crippen LogP contribution in [0.2, 0.25) is 0 Å². The molecule has 0 aliphatic heterocycles. The molecule has 18 heavy (non-hydrogen) atoms. The number of fused-ring (bicyclic) bond motifs is 1. The number of hydrogen-bond donors (Lipinski definition) is 1. The van der Waals surface area contributed by atoms with Gasteiger partial charge in [-0.3, -0.25) is 0 Å². The molecule has 0 atom stereocenters. The lowest BCUT2D eigenvalue weighted by atomic mass is 10.2. The highest BCUT2D eigenvalue weighted by atomic mass is 16.6. The van der Waals surface area contributed by atoms with Crippen LogP contribution in [0.1, 0.15) is 0 Å². The van der Waals surface area contributed by atoms with Crippen LogP contribution in [0.15, 0.2) is 30.5 Å². The Morgan fingerprint density at radius 1 is 1.39 bits per heavy atom. The average Bonchev–Trinajstić information content (AvgIpc) is 2.80. The first-order valence-corrected chi connectivity index (χ1v) is 5.74. The Bertz CT molecular complexity index is 548. The number of nitrogens with two attached hydrogens (primary N) is 1. The number of carbonyl (C=O) groups excluding carboxylic acids is 1. The van der Waals surface area contributed by atoms with Gasteiger partial charge in [0.1, 0.15) is 5.75 Å². The standard InChI is InChI=1S/C13H16N2O3/c1-17-13(16)9-18-12-4-2-3-11-10(12)5-7-15(11)8-6-14/h2-5,7H,6,8-9,14H2,1H3. The summed E-state index contributed by atoms with van der Waals surface area (Å²) in [5, 5.41) is 0.967. The fourth-order valence-corrected chi connectivity index (χ4v) is 1.85. The minimum Gasteiger partial charge on any atom is -0.481 e. The highest BCUT2D eigenvalue weighted by molar-refractivity contribution is 5.86. The van der Waals surface area contributed by atoms with Crippen LogP contribution in [0.5, 0.6) is 5.75 Å². The van der Waals surface area contributed by atoms with Gasteiger partial charge in [0.05, 0.1) is 12.6 Å². The molecule has 0 amide bonds. The smallest absolute Gasteiger partial charge is 0.343 e. The molecule has 0 aliphatic rings. The van der Waals surface area contributed by atoms with Crippen LogP contribution in [-0.2, 0) is 16.1 Å². The molecule has 5 heteroatoms. The van der Waals surface area contributed by atoms with Crippen LogP contribution in [0.25, 0.3) is 10.9 Å². The Kier molecular flexibility index (Phi) is 3.84. The first kappa shape index (κ1) is 12.4. The average molecular weight is 248 g/mol. The van der Waals surface area contributed by atoms with Crippen molar-refractivity contribution in [2.24, 2.45) is 5.73 Å². The van der Waals surface area contributed by atoms with Gasteiger partial charge in [0.15, 0.2) is 6.61 Å². The fraction of sp³-hybridized carbons (Fsp3) is 0.308. The Labute approximate surface area is 105 Å². The van der Waals surface area contributed by atoms with Crippen molar-refractivity contribution in [2.45, 2.75) is 6.54 Å². The van der Waals surface area contributed by atoms with Gasteiger partial charge in [-0.1, -0.05) is 6.07 Å². The van der Waals surface area contributed by atoms with E-state index in [0.29, 0.717) is 12.3 Å². The lowest BCUT2D eigenvalue weighted by molar-refractivity contribution is -0.142. The van der Waals surface area contributed by atoms with E-state index in [0.717, 1.165) is 17.4 Å². The van der Waals surface area contributed by atoms with Crippen LogP contribution in [0.4, 0.5) is 0 Å². The highest BCUT2D eigenvalue weighted by Gasteiger charge is 2.08. The van der Waals surface area contributed by atoms with E-state index in [1.807, 2.05) is 30.5 Å². The zero-order chi connectivity index (χ0) is 13.0. The number of hydrogen-bond acceptors (Lipinski definition) is 4. The largest absolute Gasteiger partial charge is 0.481 e. The van der Waals surface area contributed by atoms with Gasteiger partial charge in [0, 0.05) is 24.7 Å². The SMILES string of the molecule is COC(=O)COc1cccc2c1ccn2CCN. The van der Waals surface area contributed by atoms with E-state index in [1.54, 1.807) is 0 Å². The molecule has 5 nitrogen and oxygen atoms in total. The second-order valence-electron chi connectivity index (χ2n) is 3.85. The van der Waals surface area contributed by atoms with Gasteiger partial charge < -0.3 is 19.8 Å². The Morgan fingerprint density at radius 3 is 2.94 bits per heavy atom. The van der Waals surface area contributed by atoms with Crippen molar-refractivity contribution in [2.75, 3.05) is 20.3 Å². The predicted molar refractivity (Wildman–Crippen MR) is 68.5 cm³/mol. The lowest BCUT2D eigenvalue weighted by Crippen LogP contribution is -2.12. The van der Waals surface area contributed by atoms with Gasteiger partial charge in [0.2, 0.25) is 0 Å². The van der Waals surface area contributed by atoms with Crippen molar-refractivity contribution in [1.29, 1.82) is 0 Å². The number of ether oxygens (including phenoxy) is 2. The molecular weight excluding hydrogens is 232 g/mol. The summed E-state index contributed by atoms with van der Waals surface area (Å²) in [6.07, 6.45) is 1.96. The Hall–Kier alpha value is -2.01.